The van der Waals surface area contributed by atoms with Crippen molar-refractivity contribution < 1.29 is 14.3 Å². The van der Waals surface area contributed by atoms with E-state index in [0.29, 0.717) is 25.9 Å². The highest BCUT2D eigenvalue weighted by Crippen LogP contribution is 2.15. The number of hydrogen-bond acceptors (Lipinski definition) is 3. The van der Waals surface area contributed by atoms with Crippen LogP contribution in [0.5, 0.6) is 0 Å². The van der Waals surface area contributed by atoms with Crippen molar-refractivity contribution in [3.05, 3.63) is 40.5 Å². The molecule has 1 aliphatic rings. The number of carbonyl (C=O) groups is 2. The van der Waals surface area contributed by atoms with Crippen LogP contribution in [0.2, 0.25) is 0 Å². The van der Waals surface area contributed by atoms with Gasteiger partial charge < -0.3 is 20.3 Å². The smallest absolute Gasteiger partial charge is 0.410 e. The SMILES string of the molecule is CC(C)(C)OC(=O)N1CCC(NC(=O)N/C=C/c2ccc(Br)cc2)CC1. The summed E-state index contributed by atoms with van der Waals surface area (Å²) in [6, 6.07) is 7.60. The van der Waals surface area contributed by atoms with Gasteiger partial charge in [-0.1, -0.05) is 28.1 Å². The number of nitrogens with one attached hydrogen (secondary N) is 2. The topological polar surface area (TPSA) is 70.7 Å². The van der Waals surface area contributed by atoms with E-state index in [1.165, 1.54) is 0 Å². The van der Waals surface area contributed by atoms with Crippen LogP contribution < -0.4 is 10.6 Å². The fourth-order valence-corrected chi connectivity index (χ4v) is 2.81. The second-order valence-corrected chi connectivity index (χ2v) is 8.16. The van der Waals surface area contributed by atoms with Crippen LogP contribution in [0.4, 0.5) is 9.59 Å². The minimum Gasteiger partial charge on any atom is -0.444 e. The molecule has 1 aliphatic heterocycles. The van der Waals surface area contributed by atoms with Gasteiger partial charge in [-0.05, 0) is 57.4 Å². The van der Waals surface area contributed by atoms with E-state index in [1.807, 2.05) is 51.1 Å². The third kappa shape index (κ3) is 7.07. The highest BCUT2D eigenvalue weighted by Gasteiger charge is 2.27. The largest absolute Gasteiger partial charge is 0.444 e. The summed E-state index contributed by atoms with van der Waals surface area (Å²) in [5, 5.41) is 5.64. The molecule has 0 radical (unpaired) electrons. The lowest BCUT2D eigenvalue weighted by Gasteiger charge is -2.33. The minimum atomic E-state index is -0.493. The molecule has 2 rings (SSSR count). The van der Waals surface area contributed by atoms with Gasteiger partial charge in [0.05, 0.1) is 0 Å². The average molecular weight is 424 g/mol. The maximum Gasteiger partial charge on any atom is 0.410 e. The van der Waals surface area contributed by atoms with E-state index >= 15 is 0 Å². The molecule has 0 atom stereocenters. The van der Waals surface area contributed by atoms with Gasteiger partial charge in [-0.25, -0.2) is 9.59 Å². The quantitative estimate of drug-likeness (QED) is 0.767. The van der Waals surface area contributed by atoms with E-state index in [-0.39, 0.29) is 18.2 Å². The average Bonchev–Trinajstić information content (AvgIpc) is 2.56. The standard InChI is InChI=1S/C19H26BrN3O3/c1-19(2,3)26-18(25)23-12-9-16(10-13-23)22-17(24)21-11-8-14-4-6-15(20)7-5-14/h4-8,11,16H,9-10,12-13H2,1-3H3,(H2,21,22,24)/b11-8+. The highest BCUT2D eigenvalue weighted by molar-refractivity contribution is 9.10. The summed E-state index contributed by atoms with van der Waals surface area (Å²) >= 11 is 3.38. The summed E-state index contributed by atoms with van der Waals surface area (Å²) in [4.78, 5) is 25.7. The minimum absolute atomic E-state index is 0.0507. The summed E-state index contributed by atoms with van der Waals surface area (Å²) in [7, 11) is 0. The summed E-state index contributed by atoms with van der Waals surface area (Å²) in [5.41, 5.74) is 0.506. The molecule has 0 spiro atoms. The van der Waals surface area contributed by atoms with E-state index in [4.69, 9.17) is 4.74 Å². The number of amides is 3. The van der Waals surface area contributed by atoms with E-state index in [1.54, 1.807) is 11.1 Å². The van der Waals surface area contributed by atoms with E-state index in [2.05, 4.69) is 26.6 Å². The molecule has 2 N–H and O–H groups in total. The predicted molar refractivity (Wildman–Crippen MR) is 106 cm³/mol. The molecule has 0 aromatic heterocycles. The van der Waals surface area contributed by atoms with Crippen molar-refractivity contribution in [3.63, 3.8) is 0 Å². The van der Waals surface area contributed by atoms with Crippen molar-refractivity contribution in [1.82, 2.24) is 15.5 Å². The number of nitrogens with zero attached hydrogens (tertiary/aromatic N) is 1. The van der Waals surface area contributed by atoms with Crippen LogP contribution in [-0.4, -0.2) is 41.8 Å². The summed E-state index contributed by atoms with van der Waals surface area (Å²) in [6.45, 7) is 6.71. The lowest BCUT2D eigenvalue weighted by Crippen LogP contribution is -2.49. The number of likely N-dealkylation sites (tertiary alicyclic amines) is 1. The van der Waals surface area contributed by atoms with Crippen molar-refractivity contribution in [1.29, 1.82) is 0 Å². The second kappa shape index (κ2) is 9.07. The fourth-order valence-electron chi connectivity index (χ4n) is 2.55. The molecule has 0 aliphatic carbocycles. The monoisotopic (exact) mass is 423 g/mol. The number of rotatable bonds is 3. The Morgan fingerprint density at radius 1 is 1.19 bits per heavy atom. The third-order valence-corrected chi connectivity index (χ3v) is 4.37. The van der Waals surface area contributed by atoms with Crippen LogP contribution in [0.15, 0.2) is 34.9 Å². The van der Waals surface area contributed by atoms with Gasteiger partial charge in [0.2, 0.25) is 0 Å². The van der Waals surface area contributed by atoms with Gasteiger partial charge in [0.25, 0.3) is 0 Å². The van der Waals surface area contributed by atoms with Gasteiger partial charge >= 0.3 is 12.1 Å². The van der Waals surface area contributed by atoms with Crippen molar-refractivity contribution in [2.45, 2.75) is 45.3 Å². The molecule has 1 heterocycles. The number of piperidine rings is 1. The predicted octanol–water partition coefficient (Wildman–Crippen LogP) is 4.12. The number of halogens is 1. The molecule has 0 bridgehead atoms. The van der Waals surface area contributed by atoms with Crippen LogP contribution in [0.1, 0.15) is 39.2 Å². The molecule has 1 fully saturated rings. The molecule has 142 valence electrons. The van der Waals surface area contributed by atoms with E-state index < -0.39 is 5.60 Å². The molecule has 0 saturated carbocycles. The Hall–Kier alpha value is -2.02. The Morgan fingerprint density at radius 3 is 2.38 bits per heavy atom. The highest BCUT2D eigenvalue weighted by atomic mass is 79.9. The lowest BCUT2D eigenvalue weighted by molar-refractivity contribution is 0.0201. The zero-order valence-electron chi connectivity index (χ0n) is 15.4. The molecule has 1 aromatic carbocycles. The van der Waals surface area contributed by atoms with Crippen molar-refractivity contribution in [2.75, 3.05) is 13.1 Å². The molecular formula is C19H26BrN3O3. The molecule has 0 unspecified atom stereocenters. The van der Waals surface area contributed by atoms with Gasteiger partial charge in [-0.2, -0.15) is 0 Å². The molecule has 3 amide bonds. The maximum absolute atomic E-state index is 12.0. The third-order valence-electron chi connectivity index (χ3n) is 3.84. The number of carbonyl (C=O) groups excluding carboxylic acids is 2. The van der Waals surface area contributed by atoms with Crippen molar-refractivity contribution in [3.8, 4) is 0 Å². The number of ether oxygens (including phenoxy) is 1. The fraction of sp³-hybridized carbons (Fsp3) is 0.474. The molecule has 1 aromatic rings. The Bertz CT molecular complexity index is 645. The van der Waals surface area contributed by atoms with Gasteiger partial charge in [0, 0.05) is 29.8 Å². The molecule has 6 nitrogen and oxygen atoms in total. The first-order valence-electron chi connectivity index (χ1n) is 8.70. The summed E-state index contributed by atoms with van der Waals surface area (Å²) in [5.74, 6) is 0. The lowest BCUT2D eigenvalue weighted by atomic mass is 10.1. The Labute approximate surface area is 163 Å². The zero-order valence-corrected chi connectivity index (χ0v) is 17.0. The van der Waals surface area contributed by atoms with Gasteiger partial charge in [-0.15, -0.1) is 0 Å². The maximum atomic E-state index is 12.0. The second-order valence-electron chi connectivity index (χ2n) is 7.24. The van der Waals surface area contributed by atoms with Crippen LogP contribution in [0.25, 0.3) is 6.08 Å². The van der Waals surface area contributed by atoms with Crippen LogP contribution in [-0.2, 0) is 4.74 Å². The first-order valence-corrected chi connectivity index (χ1v) is 9.49. The molecule has 26 heavy (non-hydrogen) atoms. The Morgan fingerprint density at radius 2 is 1.81 bits per heavy atom. The zero-order chi connectivity index (χ0) is 19.2. The summed E-state index contributed by atoms with van der Waals surface area (Å²) in [6.07, 6.45) is 4.58. The first-order chi connectivity index (χ1) is 12.2. The Kier molecular flexibility index (Phi) is 7.08. The van der Waals surface area contributed by atoms with Crippen molar-refractivity contribution in [2.24, 2.45) is 0 Å². The van der Waals surface area contributed by atoms with Gasteiger partial charge in [0.15, 0.2) is 0 Å². The molecular weight excluding hydrogens is 398 g/mol. The Balaban J connectivity index is 1.71. The first kappa shape index (κ1) is 20.3. The number of hydrogen-bond donors (Lipinski definition) is 2. The summed E-state index contributed by atoms with van der Waals surface area (Å²) < 4.78 is 6.38. The normalized spacial score (nSPS) is 15.8. The van der Waals surface area contributed by atoms with Crippen LogP contribution in [0.3, 0.4) is 0 Å². The van der Waals surface area contributed by atoms with Crippen LogP contribution >= 0.6 is 15.9 Å². The molecule has 7 heteroatoms. The van der Waals surface area contributed by atoms with Gasteiger partial charge in [0.1, 0.15) is 5.60 Å². The number of urea groups is 1. The molecule has 1 saturated heterocycles. The van der Waals surface area contributed by atoms with Crippen LogP contribution in [0, 0.1) is 0 Å². The van der Waals surface area contributed by atoms with Gasteiger partial charge in [-0.3, -0.25) is 0 Å². The van der Waals surface area contributed by atoms with Crippen molar-refractivity contribution >= 4 is 34.1 Å². The van der Waals surface area contributed by atoms with E-state index in [9.17, 15) is 9.59 Å². The number of benzene rings is 1. The van der Waals surface area contributed by atoms with E-state index in [0.717, 1.165) is 10.0 Å².